The Morgan fingerprint density at radius 1 is 1.62 bits per heavy atom. The maximum Gasteiger partial charge on any atom is 0.137 e. The van der Waals surface area contributed by atoms with Gasteiger partial charge in [0.15, 0.2) is 0 Å². The van der Waals surface area contributed by atoms with Crippen LogP contribution in [0.15, 0.2) is 0 Å². The van der Waals surface area contributed by atoms with E-state index in [4.69, 9.17) is 12.2 Å². The lowest BCUT2D eigenvalue weighted by atomic mass is 10.4. The predicted molar refractivity (Wildman–Crippen MR) is 68.6 cm³/mol. The molecule has 0 aromatic heterocycles. The molecular formula is C9H17NS3. The van der Waals surface area contributed by atoms with Crippen molar-refractivity contribution >= 4 is 40.1 Å². The van der Waals surface area contributed by atoms with Gasteiger partial charge in [-0.2, -0.15) is 0 Å². The third-order valence-corrected chi connectivity index (χ3v) is 5.08. The molecule has 0 amide bonds. The van der Waals surface area contributed by atoms with Gasteiger partial charge in [-0.25, -0.2) is 0 Å². The van der Waals surface area contributed by atoms with Crippen molar-refractivity contribution in [3.63, 3.8) is 0 Å². The Labute approximate surface area is 95.0 Å². The monoisotopic (exact) mass is 235 g/mol. The second-order valence-electron chi connectivity index (χ2n) is 3.04. The fourth-order valence-electron chi connectivity index (χ4n) is 1.35. The van der Waals surface area contributed by atoms with Crippen LogP contribution in [-0.2, 0) is 0 Å². The molecule has 0 bridgehead atoms. The molecule has 0 aliphatic carbocycles. The zero-order valence-electron chi connectivity index (χ0n) is 8.28. The number of rotatable bonds is 5. The number of thiocarbonyl (C=S) groups is 1. The Balaban J connectivity index is 2.40. The van der Waals surface area contributed by atoms with Crippen molar-refractivity contribution in [1.82, 2.24) is 4.90 Å². The van der Waals surface area contributed by atoms with Crippen LogP contribution < -0.4 is 0 Å². The van der Waals surface area contributed by atoms with Crippen LogP contribution in [-0.4, -0.2) is 32.6 Å². The zero-order chi connectivity index (χ0) is 9.68. The van der Waals surface area contributed by atoms with E-state index in [0.29, 0.717) is 5.37 Å². The highest BCUT2D eigenvalue weighted by Gasteiger charge is 2.24. The van der Waals surface area contributed by atoms with Crippen LogP contribution in [0.3, 0.4) is 0 Å². The molecular weight excluding hydrogens is 218 g/mol. The van der Waals surface area contributed by atoms with Gasteiger partial charge in [0, 0.05) is 12.3 Å². The summed E-state index contributed by atoms with van der Waals surface area (Å²) in [6.45, 7) is 5.63. The molecule has 1 rings (SSSR count). The fraction of sp³-hybridized carbons (Fsp3) is 0.889. The van der Waals surface area contributed by atoms with E-state index >= 15 is 0 Å². The minimum atomic E-state index is 0.627. The first-order valence-electron chi connectivity index (χ1n) is 4.84. The third-order valence-electron chi connectivity index (χ3n) is 2.00. The smallest absolute Gasteiger partial charge is 0.137 e. The van der Waals surface area contributed by atoms with Crippen LogP contribution in [0.1, 0.15) is 26.7 Å². The second kappa shape index (κ2) is 6.14. The van der Waals surface area contributed by atoms with Gasteiger partial charge in [0.1, 0.15) is 4.32 Å². The van der Waals surface area contributed by atoms with Crippen LogP contribution in [0.2, 0.25) is 0 Å². The first-order chi connectivity index (χ1) is 6.29. The van der Waals surface area contributed by atoms with Crippen LogP contribution >= 0.6 is 35.7 Å². The van der Waals surface area contributed by atoms with Gasteiger partial charge in [-0.1, -0.05) is 37.8 Å². The van der Waals surface area contributed by atoms with Gasteiger partial charge in [0.2, 0.25) is 0 Å². The molecule has 0 spiro atoms. The van der Waals surface area contributed by atoms with E-state index in [0.717, 1.165) is 10.9 Å². The average molecular weight is 235 g/mol. The SMILES string of the molecule is CCCSC(CC)N1CCSC1=S. The highest BCUT2D eigenvalue weighted by Crippen LogP contribution is 2.28. The third kappa shape index (κ3) is 3.33. The number of hydrogen-bond acceptors (Lipinski definition) is 3. The van der Waals surface area contributed by atoms with Gasteiger partial charge in [0.05, 0.1) is 5.37 Å². The summed E-state index contributed by atoms with van der Waals surface area (Å²) < 4.78 is 1.11. The lowest BCUT2D eigenvalue weighted by molar-refractivity contribution is 0.431. The Hall–Kier alpha value is 0.590. The summed E-state index contributed by atoms with van der Waals surface area (Å²) in [5.41, 5.74) is 0. The number of thioether (sulfide) groups is 2. The molecule has 13 heavy (non-hydrogen) atoms. The first-order valence-corrected chi connectivity index (χ1v) is 7.28. The van der Waals surface area contributed by atoms with Crippen molar-refractivity contribution < 1.29 is 0 Å². The average Bonchev–Trinajstić information content (AvgIpc) is 2.54. The molecule has 0 saturated carbocycles. The Morgan fingerprint density at radius 3 is 2.85 bits per heavy atom. The minimum absolute atomic E-state index is 0.627. The van der Waals surface area contributed by atoms with Crippen molar-refractivity contribution in [1.29, 1.82) is 0 Å². The lowest BCUT2D eigenvalue weighted by Crippen LogP contribution is -2.32. The van der Waals surface area contributed by atoms with Crippen LogP contribution in [0.4, 0.5) is 0 Å². The van der Waals surface area contributed by atoms with E-state index in [1.807, 2.05) is 23.5 Å². The van der Waals surface area contributed by atoms with E-state index in [1.54, 1.807) is 0 Å². The van der Waals surface area contributed by atoms with Crippen molar-refractivity contribution in [2.24, 2.45) is 0 Å². The van der Waals surface area contributed by atoms with Crippen LogP contribution in [0, 0.1) is 0 Å². The van der Waals surface area contributed by atoms with Crippen molar-refractivity contribution in [3.8, 4) is 0 Å². The summed E-state index contributed by atoms with van der Waals surface area (Å²) in [6.07, 6.45) is 2.46. The summed E-state index contributed by atoms with van der Waals surface area (Å²) in [5.74, 6) is 2.43. The van der Waals surface area contributed by atoms with E-state index in [-0.39, 0.29) is 0 Å². The molecule has 1 heterocycles. The van der Waals surface area contributed by atoms with Gasteiger partial charge < -0.3 is 4.90 Å². The molecule has 1 aliphatic heterocycles. The quantitative estimate of drug-likeness (QED) is 0.673. The predicted octanol–water partition coefficient (Wildman–Crippen LogP) is 3.20. The summed E-state index contributed by atoms with van der Waals surface area (Å²) in [4.78, 5) is 2.39. The Bertz CT molecular complexity index is 172. The van der Waals surface area contributed by atoms with E-state index in [9.17, 15) is 0 Å². The summed E-state index contributed by atoms with van der Waals surface area (Å²) in [7, 11) is 0. The summed E-state index contributed by atoms with van der Waals surface area (Å²) in [6, 6.07) is 0. The largest absolute Gasteiger partial charge is 0.345 e. The van der Waals surface area contributed by atoms with Crippen molar-refractivity contribution in [3.05, 3.63) is 0 Å². The molecule has 0 N–H and O–H groups in total. The van der Waals surface area contributed by atoms with Gasteiger partial charge in [-0.05, 0) is 18.6 Å². The molecule has 1 atom stereocenters. The van der Waals surface area contributed by atoms with E-state index in [1.165, 1.54) is 24.3 Å². The maximum absolute atomic E-state index is 5.31. The molecule has 0 aromatic carbocycles. The molecule has 1 aliphatic rings. The number of hydrogen-bond donors (Lipinski definition) is 0. The van der Waals surface area contributed by atoms with Crippen molar-refractivity contribution in [2.75, 3.05) is 18.1 Å². The van der Waals surface area contributed by atoms with Gasteiger partial charge in [0.25, 0.3) is 0 Å². The van der Waals surface area contributed by atoms with Crippen molar-refractivity contribution in [2.45, 2.75) is 32.1 Å². The Kier molecular flexibility index (Phi) is 5.51. The molecule has 4 heteroatoms. The molecule has 76 valence electrons. The van der Waals surface area contributed by atoms with Crippen LogP contribution in [0.5, 0.6) is 0 Å². The minimum Gasteiger partial charge on any atom is -0.345 e. The second-order valence-corrected chi connectivity index (χ2v) is 6.06. The first kappa shape index (κ1) is 11.7. The Morgan fingerprint density at radius 2 is 2.38 bits per heavy atom. The number of nitrogens with zero attached hydrogens (tertiary/aromatic N) is 1. The molecule has 1 nitrogen and oxygen atoms in total. The lowest BCUT2D eigenvalue weighted by Gasteiger charge is -2.27. The van der Waals surface area contributed by atoms with Gasteiger partial charge in [-0.3, -0.25) is 0 Å². The normalized spacial score (nSPS) is 19.5. The summed E-state index contributed by atoms with van der Waals surface area (Å²) in [5, 5.41) is 0.627. The zero-order valence-corrected chi connectivity index (χ0v) is 10.7. The van der Waals surface area contributed by atoms with Crippen LogP contribution in [0.25, 0.3) is 0 Å². The molecule has 0 radical (unpaired) electrons. The molecule has 1 fully saturated rings. The highest BCUT2D eigenvalue weighted by molar-refractivity contribution is 8.23. The van der Waals surface area contributed by atoms with Gasteiger partial charge in [-0.15, -0.1) is 11.8 Å². The van der Waals surface area contributed by atoms with E-state index < -0.39 is 0 Å². The summed E-state index contributed by atoms with van der Waals surface area (Å²) >= 11 is 9.18. The molecule has 1 unspecified atom stereocenters. The maximum atomic E-state index is 5.31. The topological polar surface area (TPSA) is 3.24 Å². The van der Waals surface area contributed by atoms with E-state index in [2.05, 4.69) is 18.7 Å². The molecule has 1 saturated heterocycles. The molecule has 0 aromatic rings. The standard InChI is InChI=1S/C9H17NS3/c1-3-6-12-8(4-2)10-5-7-13-9(10)11/h8H,3-7H2,1-2H3. The van der Waals surface area contributed by atoms with Gasteiger partial charge >= 0.3 is 0 Å². The fourth-order valence-corrected chi connectivity index (χ4v) is 3.93. The highest BCUT2D eigenvalue weighted by atomic mass is 32.2.